The van der Waals surface area contributed by atoms with Gasteiger partial charge in [-0.25, -0.2) is 0 Å². The fourth-order valence-electron chi connectivity index (χ4n) is 1.44. The first-order valence-corrected chi connectivity index (χ1v) is 6.48. The Labute approximate surface area is 126 Å². The monoisotopic (exact) mass is 399 g/mol. The Bertz CT molecular complexity index is 552. The van der Waals surface area contributed by atoms with Crippen molar-refractivity contribution in [2.45, 2.75) is 19.7 Å². The number of nitrogens with zero attached hydrogens (tertiary/aromatic N) is 1. The summed E-state index contributed by atoms with van der Waals surface area (Å²) in [6.45, 7) is 1.70. The number of halogens is 4. The van der Waals surface area contributed by atoms with Gasteiger partial charge in [-0.2, -0.15) is 5.26 Å². The van der Waals surface area contributed by atoms with Crippen LogP contribution in [0.15, 0.2) is 12.1 Å². The smallest absolute Gasteiger partial charge is 0.466 e. The van der Waals surface area contributed by atoms with Crippen molar-refractivity contribution in [1.82, 2.24) is 0 Å². The van der Waals surface area contributed by atoms with Crippen molar-refractivity contribution in [2.75, 3.05) is 6.61 Å². The average Bonchev–Trinajstić information content (AvgIpc) is 2.32. The van der Waals surface area contributed by atoms with E-state index in [0.29, 0.717) is 0 Å². The van der Waals surface area contributed by atoms with Crippen LogP contribution in [0.2, 0.25) is 0 Å². The zero-order chi connectivity index (χ0) is 15.3. The lowest BCUT2D eigenvalue weighted by Crippen LogP contribution is -2.20. The minimum atomic E-state index is -4.88. The van der Waals surface area contributed by atoms with Gasteiger partial charge in [0, 0.05) is 5.56 Å². The number of hydrogen-bond donors (Lipinski definition) is 0. The van der Waals surface area contributed by atoms with Crippen LogP contribution >= 0.6 is 22.6 Å². The zero-order valence-corrected chi connectivity index (χ0v) is 12.4. The van der Waals surface area contributed by atoms with Gasteiger partial charge in [-0.05, 0) is 41.6 Å². The molecule has 108 valence electrons. The maximum atomic E-state index is 12.4. The predicted octanol–water partition coefficient (Wildman–Crippen LogP) is 3.17. The molecule has 0 aliphatic heterocycles. The third-order valence-corrected chi connectivity index (χ3v) is 2.91. The lowest BCUT2D eigenvalue weighted by Gasteiger charge is -2.15. The van der Waals surface area contributed by atoms with E-state index in [9.17, 15) is 18.0 Å². The number of esters is 1. The third-order valence-electron chi connectivity index (χ3n) is 2.11. The zero-order valence-electron chi connectivity index (χ0n) is 10.3. The van der Waals surface area contributed by atoms with E-state index in [4.69, 9.17) is 5.26 Å². The van der Waals surface area contributed by atoms with Crippen molar-refractivity contribution in [1.29, 1.82) is 5.26 Å². The summed E-state index contributed by atoms with van der Waals surface area (Å²) >= 11 is 1.61. The summed E-state index contributed by atoms with van der Waals surface area (Å²) < 4.78 is 45.8. The molecule has 0 aromatic heterocycles. The lowest BCUT2D eigenvalue weighted by molar-refractivity contribution is -0.275. The first kappa shape index (κ1) is 16.6. The summed E-state index contributed by atoms with van der Waals surface area (Å²) in [6, 6.07) is 4.24. The Morgan fingerprint density at radius 3 is 2.60 bits per heavy atom. The van der Waals surface area contributed by atoms with E-state index in [1.807, 2.05) is 6.07 Å². The van der Waals surface area contributed by atoms with E-state index in [1.165, 1.54) is 12.1 Å². The second-order valence-corrected chi connectivity index (χ2v) is 4.75. The van der Waals surface area contributed by atoms with Gasteiger partial charge in [0.05, 0.1) is 28.2 Å². The average molecular weight is 399 g/mol. The molecule has 0 N–H and O–H groups in total. The molecule has 0 spiro atoms. The fourth-order valence-corrected chi connectivity index (χ4v) is 2.24. The molecule has 4 nitrogen and oxygen atoms in total. The molecule has 1 rings (SSSR count). The van der Waals surface area contributed by atoms with Crippen molar-refractivity contribution in [2.24, 2.45) is 0 Å². The number of ether oxygens (including phenoxy) is 2. The molecule has 1 aromatic rings. The molecule has 20 heavy (non-hydrogen) atoms. The van der Waals surface area contributed by atoms with Crippen LogP contribution < -0.4 is 4.74 Å². The van der Waals surface area contributed by atoms with Crippen LogP contribution in [0, 0.1) is 14.9 Å². The molecule has 0 aliphatic rings. The number of hydrogen-bond acceptors (Lipinski definition) is 4. The molecule has 1 aromatic carbocycles. The van der Waals surface area contributed by atoms with Gasteiger partial charge in [0.25, 0.3) is 0 Å². The largest absolute Gasteiger partial charge is 0.573 e. The van der Waals surface area contributed by atoms with E-state index >= 15 is 0 Å². The molecule has 8 heteroatoms. The van der Waals surface area contributed by atoms with Crippen LogP contribution in [0.1, 0.15) is 18.1 Å². The number of nitriles is 1. The quantitative estimate of drug-likeness (QED) is 0.577. The normalized spacial score (nSPS) is 10.8. The number of carbonyl (C=O) groups is 1. The van der Waals surface area contributed by atoms with E-state index in [0.717, 1.165) is 0 Å². The molecule has 0 radical (unpaired) electrons. The minimum absolute atomic E-state index is 0.0378. The Morgan fingerprint density at radius 1 is 1.45 bits per heavy atom. The van der Waals surface area contributed by atoms with Gasteiger partial charge in [-0.3, -0.25) is 4.79 Å². The molecule has 0 saturated heterocycles. The van der Waals surface area contributed by atoms with Crippen LogP contribution in [-0.4, -0.2) is 18.9 Å². The van der Waals surface area contributed by atoms with E-state index in [-0.39, 0.29) is 21.3 Å². The van der Waals surface area contributed by atoms with E-state index in [1.54, 1.807) is 29.5 Å². The maximum Gasteiger partial charge on any atom is 0.573 e. The van der Waals surface area contributed by atoms with E-state index < -0.39 is 24.5 Å². The summed E-state index contributed by atoms with van der Waals surface area (Å²) in [5, 5.41) is 8.81. The summed E-state index contributed by atoms with van der Waals surface area (Å²) in [7, 11) is 0. The third kappa shape index (κ3) is 4.88. The van der Waals surface area contributed by atoms with Gasteiger partial charge in [0.1, 0.15) is 5.75 Å². The second-order valence-electron chi connectivity index (χ2n) is 3.59. The van der Waals surface area contributed by atoms with Crippen LogP contribution in [0.3, 0.4) is 0 Å². The highest BCUT2D eigenvalue weighted by Crippen LogP contribution is 2.32. The first-order chi connectivity index (χ1) is 9.26. The predicted molar refractivity (Wildman–Crippen MR) is 70.9 cm³/mol. The Balaban J connectivity index is 3.19. The van der Waals surface area contributed by atoms with Crippen LogP contribution in [0.4, 0.5) is 13.2 Å². The van der Waals surface area contributed by atoms with Crippen molar-refractivity contribution < 1.29 is 27.4 Å². The van der Waals surface area contributed by atoms with Crippen molar-refractivity contribution >= 4 is 28.6 Å². The summed E-state index contributed by atoms with van der Waals surface area (Å²) in [4.78, 5) is 11.4. The van der Waals surface area contributed by atoms with Gasteiger partial charge >= 0.3 is 12.3 Å². The first-order valence-electron chi connectivity index (χ1n) is 5.40. The highest BCUT2D eigenvalue weighted by atomic mass is 127. The van der Waals surface area contributed by atoms with Gasteiger partial charge in [-0.15, -0.1) is 13.2 Å². The van der Waals surface area contributed by atoms with Gasteiger partial charge in [0.15, 0.2) is 0 Å². The summed E-state index contributed by atoms with van der Waals surface area (Å²) in [6.07, 6.45) is -5.28. The number of carbonyl (C=O) groups excluding carboxylic acids is 1. The maximum absolute atomic E-state index is 12.4. The Hall–Kier alpha value is -1.50. The van der Waals surface area contributed by atoms with Crippen molar-refractivity contribution in [3.63, 3.8) is 0 Å². The molecule has 0 amide bonds. The van der Waals surface area contributed by atoms with Crippen LogP contribution in [0.25, 0.3) is 0 Å². The molecule has 0 heterocycles. The number of benzene rings is 1. The molecule has 0 unspecified atom stereocenters. The minimum Gasteiger partial charge on any atom is -0.466 e. The molecular weight excluding hydrogens is 390 g/mol. The SMILES string of the molecule is CCOC(=O)Cc1cc(C#N)cc(I)c1OC(F)(F)F. The fraction of sp³-hybridized carbons (Fsp3) is 0.333. The van der Waals surface area contributed by atoms with E-state index in [2.05, 4.69) is 9.47 Å². The van der Waals surface area contributed by atoms with Gasteiger partial charge in [0.2, 0.25) is 0 Å². The Kier molecular flexibility index (Phi) is 5.62. The van der Waals surface area contributed by atoms with Crippen molar-refractivity contribution in [3.05, 3.63) is 26.8 Å². The van der Waals surface area contributed by atoms with Crippen molar-refractivity contribution in [3.8, 4) is 11.8 Å². The summed E-state index contributed by atoms with van der Waals surface area (Å²) in [5.41, 5.74) is 0.104. The van der Waals surface area contributed by atoms with Gasteiger partial charge in [-0.1, -0.05) is 0 Å². The highest BCUT2D eigenvalue weighted by Gasteiger charge is 2.33. The van der Waals surface area contributed by atoms with Crippen LogP contribution in [0.5, 0.6) is 5.75 Å². The number of alkyl halides is 3. The molecule has 0 atom stereocenters. The molecule has 0 bridgehead atoms. The molecule has 0 fully saturated rings. The molecule has 0 saturated carbocycles. The van der Waals surface area contributed by atoms with Crippen LogP contribution in [-0.2, 0) is 16.0 Å². The second kappa shape index (κ2) is 6.78. The summed E-state index contributed by atoms with van der Waals surface area (Å²) in [5.74, 6) is -1.17. The number of rotatable bonds is 4. The highest BCUT2D eigenvalue weighted by molar-refractivity contribution is 14.1. The molecule has 0 aliphatic carbocycles. The topological polar surface area (TPSA) is 59.3 Å². The lowest BCUT2D eigenvalue weighted by atomic mass is 10.1. The van der Waals surface area contributed by atoms with Gasteiger partial charge < -0.3 is 9.47 Å². The standard InChI is InChI=1S/C12H9F3INO3/c1-2-19-10(18)5-8-3-7(6-17)4-9(16)11(8)20-12(13,14)15/h3-4H,2,5H2,1H3. The Morgan fingerprint density at radius 2 is 2.10 bits per heavy atom. The molecular formula is C12H9F3INO3.